The first-order chi connectivity index (χ1) is 9.43. The minimum atomic E-state index is -0.411. The average Bonchev–Trinajstić information content (AvgIpc) is 2.39. The number of aryl methyl sites for hydroxylation is 1. The molecule has 2 N–H and O–H groups in total. The van der Waals surface area contributed by atoms with Crippen molar-refractivity contribution in [3.8, 4) is 0 Å². The van der Waals surface area contributed by atoms with Crippen molar-refractivity contribution in [3.05, 3.63) is 53.2 Å². The molecule has 0 saturated heterocycles. The van der Waals surface area contributed by atoms with E-state index in [1.807, 2.05) is 19.9 Å². The Hall–Kier alpha value is -1.97. The fourth-order valence-corrected chi connectivity index (χ4v) is 2.18. The highest BCUT2D eigenvalue weighted by Crippen LogP contribution is 2.29. The largest absolute Gasteiger partial charge is 0.384 e. The molecule has 1 heterocycles. The molecule has 20 heavy (non-hydrogen) atoms. The lowest BCUT2D eigenvalue weighted by Gasteiger charge is -2.24. The third-order valence-corrected chi connectivity index (χ3v) is 3.43. The Labute approximate surface area is 119 Å². The molecule has 0 atom stereocenters. The highest BCUT2D eigenvalue weighted by molar-refractivity contribution is 5.36. The summed E-state index contributed by atoms with van der Waals surface area (Å²) in [6, 6.07) is 8.25. The SMILES string of the molecule is CCCc1cc(N)nc(C(C)(C)c2ccc(F)cc2)n1. The minimum absolute atomic E-state index is 0.246. The topological polar surface area (TPSA) is 51.8 Å². The van der Waals surface area contributed by atoms with Gasteiger partial charge in [0, 0.05) is 17.2 Å². The third-order valence-electron chi connectivity index (χ3n) is 3.43. The number of hydrogen-bond donors (Lipinski definition) is 1. The van der Waals surface area contributed by atoms with E-state index in [-0.39, 0.29) is 5.82 Å². The summed E-state index contributed by atoms with van der Waals surface area (Å²) in [4.78, 5) is 8.97. The molecule has 0 fully saturated rings. The van der Waals surface area contributed by atoms with Gasteiger partial charge in [0.05, 0.1) is 0 Å². The number of halogens is 1. The van der Waals surface area contributed by atoms with E-state index in [1.165, 1.54) is 12.1 Å². The van der Waals surface area contributed by atoms with E-state index in [0.29, 0.717) is 11.6 Å². The molecule has 0 bridgehead atoms. The van der Waals surface area contributed by atoms with Crippen LogP contribution in [-0.4, -0.2) is 9.97 Å². The number of rotatable bonds is 4. The maximum Gasteiger partial charge on any atom is 0.140 e. The molecule has 0 saturated carbocycles. The first kappa shape index (κ1) is 14.4. The normalized spacial score (nSPS) is 11.6. The first-order valence-electron chi connectivity index (χ1n) is 6.83. The minimum Gasteiger partial charge on any atom is -0.384 e. The number of nitrogens with two attached hydrogens (primary N) is 1. The van der Waals surface area contributed by atoms with E-state index < -0.39 is 5.41 Å². The van der Waals surface area contributed by atoms with Crippen molar-refractivity contribution in [1.29, 1.82) is 0 Å². The van der Waals surface area contributed by atoms with Gasteiger partial charge in [0.15, 0.2) is 0 Å². The van der Waals surface area contributed by atoms with Gasteiger partial charge >= 0.3 is 0 Å². The molecule has 1 aromatic heterocycles. The van der Waals surface area contributed by atoms with Crippen molar-refractivity contribution < 1.29 is 4.39 Å². The first-order valence-corrected chi connectivity index (χ1v) is 6.83. The van der Waals surface area contributed by atoms with Crippen LogP contribution in [0.3, 0.4) is 0 Å². The highest BCUT2D eigenvalue weighted by Gasteiger charge is 2.27. The van der Waals surface area contributed by atoms with Gasteiger partial charge in [-0.3, -0.25) is 0 Å². The molecule has 4 heteroatoms. The fraction of sp³-hybridized carbons (Fsp3) is 0.375. The number of anilines is 1. The molecule has 1 aromatic carbocycles. The van der Waals surface area contributed by atoms with Gasteiger partial charge < -0.3 is 5.73 Å². The Morgan fingerprint density at radius 1 is 1.15 bits per heavy atom. The summed E-state index contributed by atoms with van der Waals surface area (Å²) in [6.07, 6.45) is 1.88. The van der Waals surface area contributed by atoms with Crippen LogP contribution in [0.2, 0.25) is 0 Å². The molecule has 0 spiro atoms. The maximum absolute atomic E-state index is 13.1. The van der Waals surface area contributed by atoms with Crippen LogP contribution in [0, 0.1) is 5.82 Å². The van der Waals surface area contributed by atoms with E-state index in [1.54, 1.807) is 12.1 Å². The summed E-state index contributed by atoms with van der Waals surface area (Å²) < 4.78 is 13.1. The third kappa shape index (κ3) is 2.95. The number of nitrogens with zero attached hydrogens (tertiary/aromatic N) is 2. The van der Waals surface area contributed by atoms with Crippen molar-refractivity contribution in [2.24, 2.45) is 0 Å². The van der Waals surface area contributed by atoms with Gasteiger partial charge in [-0.2, -0.15) is 0 Å². The summed E-state index contributed by atoms with van der Waals surface area (Å²) >= 11 is 0. The molecule has 3 nitrogen and oxygen atoms in total. The molecular weight excluding hydrogens is 253 g/mol. The van der Waals surface area contributed by atoms with Crippen molar-refractivity contribution in [1.82, 2.24) is 9.97 Å². The highest BCUT2D eigenvalue weighted by atomic mass is 19.1. The Balaban J connectivity index is 2.45. The van der Waals surface area contributed by atoms with Gasteiger partial charge in [0.1, 0.15) is 17.5 Å². The van der Waals surface area contributed by atoms with Crippen LogP contribution in [0.15, 0.2) is 30.3 Å². The smallest absolute Gasteiger partial charge is 0.140 e. The zero-order valence-corrected chi connectivity index (χ0v) is 12.2. The molecule has 2 rings (SSSR count). The van der Waals surface area contributed by atoms with Gasteiger partial charge in [-0.15, -0.1) is 0 Å². The van der Waals surface area contributed by atoms with Crippen LogP contribution in [0.4, 0.5) is 10.2 Å². The van der Waals surface area contributed by atoms with E-state index in [9.17, 15) is 4.39 Å². The lowest BCUT2D eigenvalue weighted by Crippen LogP contribution is -2.23. The summed E-state index contributed by atoms with van der Waals surface area (Å²) in [5, 5.41) is 0. The van der Waals surface area contributed by atoms with E-state index >= 15 is 0 Å². The van der Waals surface area contributed by atoms with Crippen LogP contribution in [-0.2, 0) is 11.8 Å². The zero-order chi connectivity index (χ0) is 14.8. The van der Waals surface area contributed by atoms with Crippen molar-refractivity contribution >= 4 is 5.82 Å². The van der Waals surface area contributed by atoms with Crippen molar-refractivity contribution in [2.75, 3.05) is 5.73 Å². The summed E-state index contributed by atoms with van der Waals surface area (Å²) in [5.41, 5.74) is 7.38. The molecule has 0 aliphatic heterocycles. The van der Waals surface area contributed by atoms with Gasteiger partial charge in [-0.25, -0.2) is 14.4 Å². The molecule has 0 amide bonds. The predicted octanol–water partition coefficient (Wildman–Crippen LogP) is 3.48. The Kier molecular flexibility index (Phi) is 4.02. The second kappa shape index (κ2) is 5.57. The number of nitrogen functional groups attached to an aromatic ring is 1. The van der Waals surface area contributed by atoms with E-state index in [0.717, 1.165) is 24.1 Å². The van der Waals surface area contributed by atoms with Gasteiger partial charge in [0.25, 0.3) is 0 Å². The van der Waals surface area contributed by atoms with E-state index in [4.69, 9.17) is 5.73 Å². The van der Waals surface area contributed by atoms with Crippen LogP contribution in [0.25, 0.3) is 0 Å². The average molecular weight is 273 g/mol. The summed E-state index contributed by atoms with van der Waals surface area (Å²) in [6.45, 7) is 6.14. The van der Waals surface area contributed by atoms with Gasteiger partial charge in [-0.1, -0.05) is 25.5 Å². The molecular formula is C16H20FN3. The van der Waals surface area contributed by atoms with Crippen molar-refractivity contribution in [3.63, 3.8) is 0 Å². The molecule has 0 unspecified atom stereocenters. The zero-order valence-electron chi connectivity index (χ0n) is 12.2. The Bertz CT molecular complexity index is 591. The predicted molar refractivity (Wildman–Crippen MR) is 79.0 cm³/mol. The number of aromatic nitrogens is 2. The molecule has 0 radical (unpaired) electrons. The van der Waals surface area contributed by atoms with Crippen molar-refractivity contribution in [2.45, 2.75) is 39.0 Å². The number of hydrogen-bond acceptors (Lipinski definition) is 3. The van der Waals surface area contributed by atoms with E-state index in [2.05, 4.69) is 16.9 Å². The van der Waals surface area contributed by atoms with Crippen LogP contribution in [0.1, 0.15) is 44.3 Å². The fourth-order valence-electron chi connectivity index (χ4n) is 2.18. The quantitative estimate of drug-likeness (QED) is 0.928. The van der Waals surface area contributed by atoms with Crippen LogP contribution in [0.5, 0.6) is 0 Å². The van der Waals surface area contributed by atoms with Gasteiger partial charge in [0.2, 0.25) is 0 Å². The van der Waals surface area contributed by atoms with Crippen LogP contribution < -0.4 is 5.73 Å². The molecule has 0 aliphatic carbocycles. The lowest BCUT2D eigenvalue weighted by atomic mass is 9.83. The van der Waals surface area contributed by atoms with Crippen LogP contribution >= 0.6 is 0 Å². The maximum atomic E-state index is 13.1. The second-order valence-electron chi connectivity index (χ2n) is 5.49. The number of benzene rings is 1. The Morgan fingerprint density at radius 3 is 2.40 bits per heavy atom. The molecule has 2 aromatic rings. The monoisotopic (exact) mass is 273 g/mol. The second-order valence-corrected chi connectivity index (χ2v) is 5.49. The van der Waals surface area contributed by atoms with Gasteiger partial charge in [-0.05, 0) is 38.0 Å². The lowest BCUT2D eigenvalue weighted by molar-refractivity contribution is 0.579. The summed E-state index contributed by atoms with van der Waals surface area (Å²) in [7, 11) is 0. The summed E-state index contributed by atoms with van der Waals surface area (Å²) in [5.74, 6) is 0.908. The Morgan fingerprint density at radius 2 is 1.80 bits per heavy atom. The standard InChI is InChI=1S/C16H20FN3/c1-4-5-13-10-14(18)20-15(19-13)16(2,3)11-6-8-12(17)9-7-11/h6-10H,4-5H2,1-3H3,(H2,18,19,20). The molecule has 0 aliphatic rings. The molecule has 106 valence electrons.